The number of hydrogen-bond acceptors (Lipinski definition) is 0. The van der Waals surface area contributed by atoms with E-state index in [0.717, 1.165) is 0 Å². The number of aryl methyl sites for hydroxylation is 6. The fourth-order valence-corrected chi connectivity index (χ4v) is 17.1. The van der Waals surface area contributed by atoms with Crippen LogP contribution in [0.5, 0.6) is 0 Å². The van der Waals surface area contributed by atoms with Crippen LogP contribution in [0.2, 0.25) is 0 Å². The Morgan fingerprint density at radius 2 is 0.886 bits per heavy atom. The van der Waals surface area contributed by atoms with Crippen molar-refractivity contribution in [2.45, 2.75) is 69.2 Å². The molecule has 0 aliphatic carbocycles. The van der Waals surface area contributed by atoms with Gasteiger partial charge in [-0.05, 0) is 0 Å². The van der Waals surface area contributed by atoms with E-state index in [4.69, 9.17) is 0 Å². The predicted molar refractivity (Wildman–Crippen MR) is 188 cm³/mol. The van der Waals surface area contributed by atoms with E-state index in [-0.39, 0.29) is 0 Å². The molecule has 0 fully saturated rings. The number of benzene rings is 3. The molecule has 0 atom stereocenters. The summed E-state index contributed by atoms with van der Waals surface area (Å²) in [6.45, 7) is 19.6. The van der Waals surface area contributed by atoms with Crippen LogP contribution >= 0.6 is 0 Å². The zero-order valence-electron chi connectivity index (χ0n) is 29.2. The van der Waals surface area contributed by atoms with Gasteiger partial charge in [0.1, 0.15) is 0 Å². The molecule has 0 amide bonds. The predicted octanol–water partition coefficient (Wildman–Crippen LogP) is 4.57. The third-order valence-electron chi connectivity index (χ3n) is 10.3. The summed E-state index contributed by atoms with van der Waals surface area (Å²) in [4.78, 5) is 0. The number of hydrogen-bond donors (Lipinski definition) is 0. The molecule has 3 aromatic carbocycles. The third-order valence-corrected chi connectivity index (χ3v) is 17.7. The van der Waals surface area contributed by atoms with Gasteiger partial charge in [0, 0.05) is 0 Å². The van der Waals surface area contributed by atoms with Gasteiger partial charge >= 0.3 is 275 Å². The third kappa shape index (κ3) is 4.69. The molecular weight excluding hydrogens is 619 g/mol. The molecule has 0 bridgehead atoms. The Labute approximate surface area is 273 Å². The van der Waals surface area contributed by atoms with Gasteiger partial charge in [0.2, 0.25) is 0 Å². The summed E-state index contributed by atoms with van der Waals surface area (Å²) in [6, 6.07) is 16.4. The fourth-order valence-electron chi connectivity index (χ4n) is 7.88. The van der Waals surface area contributed by atoms with Crippen LogP contribution in [-0.2, 0) is 28.2 Å². The maximum atomic E-state index is 4.06. The summed E-state index contributed by atoms with van der Waals surface area (Å²) in [7, 11) is 9.03. The second-order valence-corrected chi connectivity index (χ2v) is 19.8. The molecule has 5 rings (SSSR count). The molecule has 0 aliphatic heterocycles. The average Bonchev–Trinajstić information content (AvgIpc) is 3.25. The van der Waals surface area contributed by atoms with E-state index < -0.39 is 6.68 Å². The Hall–Kier alpha value is -3.18. The van der Waals surface area contributed by atoms with Gasteiger partial charge in [-0.25, -0.2) is 0 Å². The van der Waals surface area contributed by atoms with Crippen LogP contribution in [0.4, 0.5) is 0 Å². The molecule has 0 radical (unpaired) electrons. The topological polar surface area (TPSA) is 17.6 Å². The van der Waals surface area contributed by atoms with Crippen molar-refractivity contribution in [1.29, 1.82) is 0 Å². The van der Waals surface area contributed by atoms with Crippen molar-refractivity contribution in [1.82, 2.24) is 9.13 Å². The molecule has 4 nitrogen and oxygen atoms in total. The van der Waals surface area contributed by atoms with Gasteiger partial charge in [-0.1, -0.05) is 0 Å². The first kappa shape index (κ1) is 32.2. The molecule has 230 valence electrons. The number of imidazole rings is 2. The Morgan fingerprint density at radius 3 is 1.16 bits per heavy atom. The van der Waals surface area contributed by atoms with E-state index in [1.54, 1.807) is 0 Å². The van der Waals surface area contributed by atoms with Gasteiger partial charge < -0.3 is 0 Å². The van der Waals surface area contributed by atoms with E-state index in [1.807, 2.05) is 0 Å². The number of aromatic nitrogens is 4. The molecule has 0 spiro atoms. The first-order chi connectivity index (χ1) is 20.5. The SMILES string of the molecule is Cc1cc(C)c(-c2cccc(-c3c(C)cc(C)cc3C)c2[Si]([Se-])(c2n(C)c(C)c(C)[n+]2C)c2n(C)c(C)c(C)[n+]2C)c(C)c1. The molecular formula is C38H49N4SeSi+. The van der Waals surface area contributed by atoms with Crippen LogP contribution in [-0.4, -0.2) is 31.2 Å². The van der Waals surface area contributed by atoms with Crippen LogP contribution in [0.1, 0.15) is 56.2 Å². The van der Waals surface area contributed by atoms with Crippen LogP contribution in [0, 0.1) is 69.2 Å². The van der Waals surface area contributed by atoms with Crippen molar-refractivity contribution in [2.75, 3.05) is 0 Å². The van der Waals surface area contributed by atoms with Gasteiger partial charge in [0.25, 0.3) is 0 Å². The summed E-state index contributed by atoms with van der Waals surface area (Å²) in [6.07, 6.45) is 0. The summed E-state index contributed by atoms with van der Waals surface area (Å²) in [5.41, 5.74) is 21.1. The van der Waals surface area contributed by atoms with Gasteiger partial charge in [0.15, 0.2) is 0 Å². The van der Waals surface area contributed by atoms with Crippen molar-refractivity contribution in [2.24, 2.45) is 28.2 Å². The van der Waals surface area contributed by atoms with Crippen molar-refractivity contribution < 1.29 is 9.13 Å². The van der Waals surface area contributed by atoms with E-state index >= 15 is 0 Å². The molecule has 5 aromatic rings. The minimum atomic E-state index is -2.92. The van der Waals surface area contributed by atoms with Gasteiger partial charge in [0.05, 0.1) is 0 Å². The van der Waals surface area contributed by atoms with Crippen molar-refractivity contribution >= 4 is 38.1 Å². The number of nitrogens with zero attached hydrogens (tertiary/aromatic N) is 4. The standard InChI is InChI=1S/C38H49N4SeSi/c1-22-18-24(3)34(25(4)19-22)32-16-15-17-33(35-26(5)20-23(2)21-27(35)6)36(32)44(43,37-39(11)28(7)29(8)40(37)12)38-41(13)30(9)31(10)42(38)14/h15-21H,1-14H3/q+1. The molecule has 0 saturated carbocycles. The number of rotatable bonds is 5. The molecule has 2 aromatic heterocycles. The van der Waals surface area contributed by atoms with Crippen molar-refractivity contribution in [3.8, 4) is 22.3 Å². The van der Waals surface area contributed by atoms with Gasteiger partial charge in [-0.15, -0.1) is 0 Å². The monoisotopic (exact) mass is 669 g/mol. The second kappa shape index (κ2) is 11.3. The van der Waals surface area contributed by atoms with E-state index in [9.17, 15) is 0 Å². The second-order valence-electron chi connectivity index (χ2n) is 13.2. The van der Waals surface area contributed by atoms with Crippen molar-refractivity contribution in [3.05, 3.63) is 98.6 Å². The van der Waals surface area contributed by atoms with E-state index in [0.29, 0.717) is 0 Å². The normalized spacial score (nSPS) is 12.0. The zero-order valence-corrected chi connectivity index (χ0v) is 32.0. The summed E-state index contributed by atoms with van der Waals surface area (Å²) < 4.78 is 9.83. The molecule has 0 saturated heterocycles. The Kier molecular flexibility index (Phi) is 8.28. The summed E-state index contributed by atoms with van der Waals surface area (Å²) >= 11 is 4.06. The first-order valence-electron chi connectivity index (χ1n) is 15.6. The Bertz CT molecular complexity index is 1740. The van der Waals surface area contributed by atoms with E-state index in [2.05, 4.69) is 174 Å². The summed E-state index contributed by atoms with van der Waals surface area (Å²) in [5.74, 6) is 0. The molecule has 6 heteroatoms. The van der Waals surface area contributed by atoms with Crippen LogP contribution in [0.15, 0.2) is 42.5 Å². The average molecular weight is 669 g/mol. The van der Waals surface area contributed by atoms with Crippen LogP contribution in [0.3, 0.4) is 0 Å². The first-order valence-corrected chi connectivity index (χ1v) is 20.1. The minimum absolute atomic E-state index is 1.30. The van der Waals surface area contributed by atoms with Crippen LogP contribution < -0.4 is 25.2 Å². The molecule has 0 N–H and O–H groups in total. The summed E-state index contributed by atoms with van der Waals surface area (Å²) in [5, 5.41) is 1.43. The molecule has 2 heterocycles. The molecule has 0 aliphatic rings. The fraction of sp³-hybridized carbons (Fsp3) is 0.368. The quantitative estimate of drug-likeness (QED) is 0.193. The van der Waals surface area contributed by atoms with Gasteiger partial charge in [-0.2, -0.15) is 0 Å². The van der Waals surface area contributed by atoms with Gasteiger partial charge in [-0.3, -0.25) is 0 Å². The molecule has 0 unspecified atom stereocenters. The zero-order chi connectivity index (χ0) is 32.6. The maximum absolute atomic E-state index is 4.06. The van der Waals surface area contributed by atoms with Crippen LogP contribution in [0.25, 0.3) is 22.3 Å². The Balaban J connectivity index is 2.13. The van der Waals surface area contributed by atoms with E-state index in [1.165, 1.54) is 94.5 Å². The van der Waals surface area contributed by atoms with Crippen molar-refractivity contribution in [3.63, 3.8) is 0 Å². The molecule has 44 heavy (non-hydrogen) atoms. The Morgan fingerprint density at radius 1 is 0.568 bits per heavy atom.